The molecule has 0 amide bonds. The summed E-state index contributed by atoms with van der Waals surface area (Å²) in [6, 6.07) is 9.56. The summed E-state index contributed by atoms with van der Waals surface area (Å²) in [6.07, 6.45) is 0. The van der Waals surface area contributed by atoms with Crippen molar-refractivity contribution >= 4 is 0 Å². The first-order chi connectivity index (χ1) is 8.50. The smallest absolute Gasteiger partial charge is 0.0206 e. The summed E-state index contributed by atoms with van der Waals surface area (Å²) in [5.74, 6) is 0.617. The van der Waals surface area contributed by atoms with Crippen LogP contribution in [0.5, 0.6) is 0 Å². The molecule has 0 unspecified atom stereocenters. The van der Waals surface area contributed by atoms with Crippen LogP contribution in [0.25, 0.3) is 0 Å². The van der Waals surface area contributed by atoms with Crippen LogP contribution in [0, 0.1) is 0 Å². The number of likely N-dealkylation sites (N-methyl/N-ethyl adjacent to an activating group) is 1. The van der Waals surface area contributed by atoms with Crippen molar-refractivity contribution in [3.05, 3.63) is 35.4 Å². The van der Waals surface area contributed by atoms with Gasteiger partial charge in [0.15, 0.2) is 0 Å². The summed E-state index contributed by atoms with van der Waals surface area (Å²) in [6.45, 7) is 12.0. The maximum Gasteiger partial charge on any atom is 0.0206 e. The van der Waals surface area contributed by atoms with Gasteiger partial charge in [-0.3, -0.25) is 0 Å². The number of hydrogen-bond acceptors (Lipinski definition) is 2. The summed E-state index contributed by atoms with van der Waals surface area (Å²) in [5.41, 5.74) is 2.78. The van der Waals surface area contributed by atoms with Gasteiger partial charge >= 0.3 is 0 Å². The van der Waals surface area contributed by atoms with Crippen molar-refractivity contribution in [1.82, 2.24) is 10.2 Å². The molecule has 0 spiro atoms. The largest absolute Gasteiger partial charge is 0.311 e. The molecule has 0 saturated carbocycles. The van der Waals surface area contributed by atoms with Crippen molar-refractivity contribution in [2.24, 2.45) is 0 Å². The van der Waals surface area contributed by atoms with E-state index in [0.29, 0.717) is 12.0 Å². The molecule has 0 saturated heterocycles. The quantitative estimate of drug-likeness (QED) is 0.745. The van der Waals surface area contributed by atoms with E-state index in [1.165, 1.54) is 11.1 Å². The minimum Gasteiger partial charge on any atom is -0.311 e. The molecule has 0 aliphatic rings. The summed E-state index contributed by atoms with van der Waals surface area (Å²) in [5, 5.41) is 3.49. The number of hydrogen-bond donors (Lipinski definition) is 1. The van der Waals surface area contributed by atoms with Crippen molar-refractivity contribution in [2.45, 2.75) is 46.2 Å². The van der Waals surface area contributed by atoms with Crippen molar-refractivity contribution in [2.75, 3.05) is 20.1 Å². The van der Waals surface area contributed by atoms with E-state index in [1.807, 2.05) is 0 Å². The summed E-state index contributed by atoms with van der Waals surface area (Å²) >= 11 is 0. The van der Waals surface area contributed by atoms with E-state index in [9.17, 15) is 0 Å². The molecule has 2 heteroatoms. The third kappa shape index (κ3) is 5.19. The third-order valence-corrected chi connectivity index (χ3v) is 3.50. The molecular formula is C16H28N2. The van der Waals surface area contributed by atoms with Crippen LogP contribution in [0.2, 0.25) is 0 Å². The molecule has 1 N–H and O–H groups in total. The Balaban J connectivity index is 2.27. The number of nitrogens with zero attached hydrogens (tertiary/aromatic N) is 1. The topological polar surface area (TPSA) is 15.3 Å². The zero-order valence-electron chi connectivity index (χ0n) is 12.5. The van der Waals surface area contributed by atoms with E-state index < -0.39 is 0 Å². The van der Waals surface area contributed by atoms with Crippen molar-refractivity contribution in [3.8, 4) is 0 Å². The highest BCUT2D eigenvalue weighted by molar-refractivity contribution is 5.24. The molecule has 2 nitrogen and oxygen atoms in total. The Labute approximate surface area is 112 Å². The first-order valence-corrected chi connectivity index (χ1v) is 7.00. The average Bonchev–Trinajstić information content (AvgIpc) is 2.34. The molecule has 1 rings (SSSR count). The highest BCUT2D eigenvalue weighted by Crippen LogP contribution is 2.14. The first kappa shape index (κ1) is 15.2. The first-order valence-electron chi connectivity index (χ1n) is 7.00. The standard InChI is InChI=1S/C16H28N2/c1-13(2)16-8-6-15(7-9-16)12-17-10-11-18(5)14(3)4/h6-9,13-14,17H,10-12H2,1-5H3. The molecule has 1 aromatic rings. The predicted molar refractivity (Wildman–Crippen MR) is 80.0 cm³/mol. The molecule has 0 radical (unpaired) electrons. The van der Waals surface area contributed by atoms with Crippen LogP contribution >= 0.6 is 0 Å². The van der Waals surface area contributed by atoms with E-state index in [2.05, 4.69) is 69.2 Å². The fourth-order valence-electron chi connectivity index (χ4n) is 1.77. The van der Waals surface area contributed by atoms with E-state index in [0.717, 1.165) is 19.6 Å². The molecule has 0 heterocycles. The molecular weight excluding hydrogens is 220 g/mol. The van der Waals surface area contributed by atoms with Gasteiger partial charge in [-0.2, -0.15) is 0 Å². The Kier molecular flexibility index (Phi) is 6.37. The lowest BCUT2D eigenvalue weighted by molar-refractivity contribution is 0.273. The zero-order chi connectivity index (χ0) is 13.5. The Morgan fingerprint density at radius 3 is 2.17 bits per heavy atom. The molecule has 0 bridgehead atoms. The number of nitrogens with one attached hydrogen (secondary N) is 1. The fourth-order valence-corrected chi connectivity index (χ4v) is 1.77. The molecule has 0 atom stereocenters. The SMILES string of the molecule is CC(C)c1ccc(CNCCN(C)C(C)C)cc1. The predicted octanol–water partition coefficient (Wildman–Crippen LogP) is 3.24. The normalized spacial score (nSPS) is 11.8. The molecule has 1 aromatic carbocycles. The van der Waals surface area contributed by atoms with Crippen molar-refractivity contribution in [3.63, 3.8) is 0 Å². The van der Waals surface area contributed by atoms with Gasteiger partial charge in [-0.05, 0) is 37.9 Å². The highest BCUT2D eigenvalue weighted by atomic mass is 15.1. The molecule has 0 aliphatic carbocycles. The zero-order valence-corrected chi connectivity index (χ0v) is 12.5. The van der Waals surface area contributed by atoms with Gasteiger partial charge in [0.1, 0.15) is 0 Å². The van der Waals surface area contributed by atoms with Crippen LogP contribution in [0.3, 0.4) is 0 Å². The third-order valence-electron chi connectivity index (χ3n) is 3.50. The lowest BCUT2D eigenvalue weighted by Gasteiger charge is -2.20. The summed E-state index contributed by atoms with van der Waals surface area (Å²) < 4.78 is 0. The van der Waals surface area contributed by atoms with Gasteiger partial charge in [0.25, 0.3) is 0 Å². The van der Waals surface area contributed by atoms with Crippen LogP contribution < -0.4 is 5.32 Å². The van der Waals surface area contributed by atoms with E-state index in [-0.39, 0.29) is 0 Å². The lowest BCUT2D eigenvalue weighted by atomic mass is 10.0. The Morgan fingerprint density at radius 2 is 1.67 bits per heavy atom. The van der Waals surface area contributed by atoms with Gasteiger partial charge in [-0.15, -0.1) is 0 Å². The average molecular weight is 248 g/mol. The van der Waals surface area contributed by atoms with E-state index in [4.69, 9.17) is 0 Å². The van der Waals surface area contributed by atoms with Crippen LogP contribution in [-0.2, 0) is 6.54 Å². The van der Waals surface area contributed by atoms with Gasteiger partial charge in [0, 0.05) is 25.7 Å². The highest BCUT2D eigenvalue weighted by Gasteiger charge is 2.02. The molecule has 0 aromatic heterocycles. The minimum absolute atomic E-state index is 0.617. The van der Waals surface area contributed by atoms with Gasteiger partial charge in [-0.25, -0.2) is 0 Å². The monoisotopic (exact) mass is 248 g/mol. The Morgan fingerprint density at radius 1 is 1.06 bits per heavy atom. The lowest BCUT2D eigenvalue weighted by Crippen LogP contribution is -2.33. The molecule has 0 aliphatic heterocycles. The van der Waals surface area contributed by atoms with Crippen LogP contribution in [0.1, 0.15) is 44.7 Å². The van der Waals surface area contributed by atoms with Crippen LogP contribution in [0.15, 0.2) is 24.3 Å². The maximum absolute atomic E-state index is 3.49. The van der Waals surface area contributed by atoms with Crippen LogP contribution in [0.4, 0.5) is 0 Å². The maximum atomic E-state index is 3.49. The Hall–Kier alpha value is -0.860. The summed E-state index contributed by atoms with van der Waals surface area (Å²) in [4.78, 5) is 2.36. The van der Waals surface area contributed by atoms with Gasteiger partial charge in [-0.1, -0.05) is 38.1 Å². The molecule has 18 heavy (non-hydrogen) atoms. The van der Waals surface area contributed by atoms with Crippen molar-refractivity contribution < 1.29 is 0 Å². The molecule has 102 valence electrons. The van der Waals surface area contributed by atoms with Gasteiger partial charge in [0.2, 0.25) is 0 Å². The van der Waals surface area contributed by atoms with Gasteiger partial charge in [0.05, 0.1) is 0 Å². The van der Waals surface area contributed by atoms with Crippen molar-refractivity contribution in [1.29, 1.82) is 0 Å². The number of benzene rings is 1. The second-order valence-corrected chi connectivity index (χ2v) is 5.65. The second-order valence-electron chi connectivity index (χ2n) is 5.65. The minimum atomic E-state index is 0.617. The van der Waals surface area contributed by atoms with Crippen LogP contribution in [-0.4, -0.2) is 31.1 Å². The fraction of sp³-hybridized carbons (Fsp3) is 0.625. The van der Waals surface area contributed by atoms with E-state index >= 15 is 0 Å². The number of rotatable bonds is 7. The van der Waals surface area contributed by atoms with E-state index in [1.54, 1.807) is 0 Å². The van der Waals surface area contributed by atoms with Gasteiger partial charge < -0.3 is 10.2 Å². The Bertz CT molecular complexity index is 327. The summed E-state index contributed by atoms with van der Waals surface area (Å²) in [7, 11) is 2.17. The second kappa shape index (κ2) is 7.55. The molecule has 0 fully saturated rings.